The third kappa shape index (κ3) is 2.71. The number of carbonyl (C=O) groups is 3. The number of hydrogen-bond donors (Lipinski definition) is 1. The van der Waals surface area contributed by atoms with Crippen LogP contribution in [0.5, 0.6) is 0 Å². The molecule has 0 aromatic heterocycles. The summed E-state index contributed by atoms with van der Waals surface area (Å²) < 4.78 is 4.68. The molecule has 2 fully saturated rings. The second kappa shape index (κ2) is 5.68. The van der Waals surface area contributed by atoms with Gasteiger partial charge in [0.2, 0.25) is 0 Å². The van der Waals surface area contributed by atoms with Crippen molar-refractivity contribution in [3.05, 3.63) is 0 Å². The van der Waals surface area contributed by atoms with Crippen LogP contribution in [0.3, 0.4) is 0 Å². The van der Waals surface area contributed by atoms with Gasteiger partial charge in [0.1, 0.15) is 0 Å². The van der Waals surface area contributed by atoms with Gasteiger partial charge < -0.3 is 19.6 Å². The average Bonchev–Trinajstić information content (AvgIpc) is 2.85. The fourth-order valence-corrected chi connectivity index (χ4v) is 2.68. The van der Waals surface area contributed by atoms with E-state index in [9.17, 15) is 14.4 Å². The van der Waals surface area contributed by atoms with Gasteiger partial charge in [0.25, 0.3) is 0 Å². The van der Waals surface area contributed by atoms with E-state index < -0.39 is 11.9 Å². The summed E-state index contributed by atoms with van der Waals surface area (Å²) in [6.07, 6.45) is 0.626. The van der Waals surface area contributed by atoms with E-state index in [0.717, 1.165) is 0 Å². The average molecular weight is 284 g/mol. The minimum atomic E-state index is -0.825. The molecule has 0 aromatic carbocycles. The molecule has 0 aliphatic carbocycles. The van der Waals surface area contributed by atoms with Gasteiger partial charge in [-0.3, -0.25) is 9.59 Å². The fourth-order valence-electron chi connectivity index (χ4n) is 2.68. The van der Waals surface area contributed by atoms with Gasteiger partial charge >= 0.3 is 18.0 Å². The maximum atomic E-state index is 12.2. The van der Waals surface area contributed by atoms with Crippen LogP contribution in [0.1, 0.15) is 13.3 Å². The second-order valence-corrected chi connectivity index (χ2v) is 5.53. The highest BCUT2D eigenvalue weighted by Gasteiger charge is 2.41. The number of amides is 2. The first-order chi connectivity index (χ1) is 9.43. The summed E-state index contributed by atoms with van der Waals surface area (Å²) in [5.41, 5.74) is 0. The number of rotatable bonds is 3. The molecule has 2 aliphatic heterocycles. The molecule has 0 radical (unpaired) electrons. The number of urea groups is 1. The Morgan fingerprint density at radius 3 is 2.40 bits per heavy atom. The van der Waals surface area contributed by atoms with Gasteiger partial charge in [-0.25, -0.2) is 4.79 Å². The predicted molar refractivity (Wildman–Crippen MR) is 69.0 cm³/mol. The summed E-state index contributed by atoms with van der Waals surface area (Å²) in [5, 5.41) is 8.91. The number of nitrogens with zero attached hydrogens (tertiary/aromatic N) is 2. The smallest absolute Gasteiger partial charge is 0.320 e. The lowest BCUT2D eigenvalue weighted by Gasteiger charge is -2.42. The van der Waals surface area contributed by atoms with Gasteiger partial charge in [0.05, 0.1) is 18.9 Å². The number of ether oxygens (including phenoxy) is 1. The van der Waals surface area contributed by atoms with Crippen molar-refractivity contribution in [2.24, 2.45) is 17.8 Å². The highest BCUT2D eigenvalue weighted by Crippen LogP contribution is 2.27. The summed E-state index contributed by atoms with van der Waals surface area (Å²) in [5.74, 6) is -1.75. The zero-order chi connectivity index (χ0) is 14.9. The number of carbonyl (C=O) groups excluding carboxylic acids is 2. The van der Waals surface area contributed by atoms with Crippen LogP contribution in [-0.2, 0) is 14.3 Å². The summed E-state index contributed by atoms with van der Waals surface area (Å²) in [6.45, 7) is 3.56. The number of carboxylic acid groups (broad SMARTS) is 1. The van der Waals surface area contributed by atoms with Crippen LogP contribution in [0.4, 0.5) is 4.79 Å². The molecule has 2 rings (SSSR count). The fraction of sp³-hybridized carbons (Fsp3) is 0.769. The van der Waals surface area contributed by atoms with E-state index in [4.69, 9.17) is 5.11 Å². The first-order valence-corrected chi connectivity index (χ1v) is 6.78. The maximum absolute atomic E-state index is 12.2. The normalized spacial score (nSPS) is 24.2. The van der Waals surface area contributed by atoms with Gasteiger partial charge in [0.15, 0.2) is 0 Å². The number of methoxy groups -OCH3 is 1. The lowest BCUT2D eigenvalue weighted by atomic mass is 9.87. The van der Waals surface area contributed by atoms with Crippen molar-refractivity contribution in [1.82, 2.24) is 9.80 Å². The Morgan fingerprint density at radius 2 is 1.85 bits per heavy atom. The van der Waals surface area contributed by atoms with Gasteiger partial charge in [-0.1, -0.05) is 6.92 Å². The van der Waals surface area contributed by atoms with Crippen molar-refractivity contribution in [2.75, 3.05) is 33.3 Å². The van der Waals surface area contributed by atoms with E-state index in [2.05, 4.69) is 4.74 Å². The van der Waals surface area contributed by atoms with E-state index in [1.165, 1.54) is 7.11 Å². The standard InChI is InChI=1S/C13H20N2O5/c1-8(11(16)17)10-6-15(7-10)13(19)14-4-3-9(5-14)12(18)20-2/h8-10H,3-7H2,1-2H3,(H,16,17). The zero-order valence-corrected chi connectivity index (χ0v) is 11.7. The molecule has 0 saturated carbocycles. The molecule has 2 unspecified atom stereocenters. The summed E-state index contributed by atoms with van der Waals surface area (Å²) >= 11 is 0. The maximum Gasteiger partial charge on any atom is 0.320 e. The van der Waals surface area contributed by atoms with Crippen LogP contribution < -0.4 is 0 Å². The molecule has 0 aromatic rings. The minimum absolute atomic E-state index is 0.0236. The Labute approximate surface area is 117 Å². The molecule has 7 nitrogen and oxygen atoms in total. The summed E-state index contributed by atoms with van der Waals surface area (Å²) in [6, 6.07) is -0.106. The van der Waals surface area contributed by atoms with Crippen LogP contribution in [0.15, 0.2) is 0 Å². The Kier molecular flexibility index (Phi) is 4.15. The van der Waals surface area contributed by atoms with E-state index in [0.29, 0.717) is 32.6 Å². The van der Waals surface area contributed by atoms with Crippen molar-refractivity contribution >= 4 is 18.0 Å². The van der Waals surface area contributed by atoms with E-state index in [1.54, 1.807) is 16.7 Å². The number of likely N-dealkylation sites (tertiary alicyclic amines) is 2. The lowest BCUT2D eigenvalue weighted by molar-refractivity contribution is -0.146. The highest BCUT2D eigenvalue weighted by atomic mass is 16.5. The topological polar surface area (TPSA) is 87.2 Å². The van der Waals surface area contributed by atoms with E-state index in [1.807, 2.05) is 0 Å². The Bertz CT molecular complexity index is 419. The first-order valence-electron chi connectivity index (χ1n) is 6.78. The predicted octanol–water partition coefficient (Wildman–Crippen LogP) is 0.254. The molecule has 2 aliphatic rings. The van der Waals surface area contributed by atoms with Crippen molar-refractivity contribution < 1.29 is 24.2 Å². The van der Waals surface area contributed by atoms with Crippen LogP contribution in [-0.4, -0.2) is 66.2 Å². The van der Waals surface area contributed by atoms with Gasteiger partial charge in [-0.05, 0) is 6.42 Å². The van der Waals surface area contributed by atoms with E-state index >= 15 is 0 Å². The van der Waals surface area contributed by atoms with Crippen molar-refractivity contribution in [1.29, 1.82) is 0 Å². The van der Waals surface area contributed by atoms with Gasteiger partial charge in [-0.2, -0.15) is 0 Å². The number of hydrogen-bond acceptors (Lipinski definition) is 4. The molecule has 1 N–H and O–H groups in total. The molecule has 2 amide bonds. The molecule has 7 heteroatoms. The molecule has 2 saturated heterocycles. The zero-order valence-electron chi connectivity index (χ0n) is 11.7. The molecule has 20 heavy (non-hydrogen) atoms. The van der Waals surface area contributed by atoms with Crippen LogP contribution in [0.2, 0.25) is 0 Å². The molecule has 2 atom stereocenters. The third-order valence-corrected chi connectivity index (χ3v) is 4.27. The molecule has 2 heterocycles. The van der Waals surface area contributed by atoms with E-state index in [-0.39, 0.29) is 23.8 Å². The van der Waals surface area contributed by atoms with Crippen molar-refractivity contribution in [2.45, 2.75) is 13.3 Å². The van der Waals surface area contributed by atoms with Crippen LogP contribution >= 0.6 is 0 Å². The van der Waals surface area contributed by atoms with Gasteiger partial charge in [0, 0.05) is 32.1 Å². The summed E-state index contributed by atoms with van der Waals surface area (Å²) in [4.78, 5) is 37.7. The third-order valence-electron chi connectivity index (χ3n) is 4.27. The Hall–Kier alpha value is -1.79. The molecular formula is C13H20N2O5. The molecular weight excluding hydrogens is 264 g/mol. The number of carboxylic acids is 1. The quantitative estimate of drug-likeness (QED) is 0.751. The number of esters is 1. The van der Waals surface area contributed by atoms with Crippen molar-refractivity contribution in [3.63, 3.8) is 0 Å². The summed E-state index contributed by atoms with van der Waals surface area (Å²) in [7, 11) is 1.35. The molecule has 112 valence electrons. The molecule has 0 spiro atoms. The van der Waals surface area contributed by atoms with Crippen molar-refractivity contribution in [3.8, 4) is 0 Å². The van der Waals surface area contributed by atoms with Crippen LogP contribution in [0, 0.1) is 17.8 Å². The number of aliphatic carboxylic acids is 1. The minimum Gasteiger partial charge on any atom is -0.481 e. The highest BCUT2D eigenvalue weighted by molar-refractivity contribution is 5.79. The van der Waals surface area contributed by atoms with Gasteiger partial charge in [-0.15, -0.1) is 0 Å². The Morgan fingerprint density at radius 1 is 1.20 bits per heavy atom. The molecule has 0 bridgehead atoms. The monoisotopic (exact) mass is 284 g/mol. The largest absolute Gasteiger partial charge is 0.481 e. The first kappa shape index (κ1) is 14.6. The van der Waals surface area contributed by atoms with Crippen LogP contribution in [0.25, 0.3) is 0 Å². The lowest BCUT2D eigenvalue weighted by Crippen LogP contribution is -2.57. The SMILES string of the molecule is COC(=O)C1CCN(C(=O)N2CC(C(C)C(=O)O)C2)C1. The Balaban J connectivity index is 1.80. The second-order valence-electron chi connectivity index (χ2n) is 5.53.